The van der Waals surface area contributed by atoms with E-state index in [0.29, 0.717) is 19.3 Å². The maximum absolute atomic E-state index is 9.54. The fourth-order valence-electron chi connectivity index (χ4n) is 2.49. The van der Waals surface area contributed by atoms with E-state index in [1.807, 2.05) is 27.7 Å². The minimum Gasteiger partial charge on any atom is -0.393 e. The van der Waals surface area contributed by atoms with Crippen molar-refractivity contribution in [2.75, 3.05) is 0 Å². The summed E-state index contributed by atoms with van der Waals surface area (Å²) < 4.78 is 0. The van der Waals surface area contributed by atoms with Gasteiger partial charge in [0.2, 0.25) is 5.79 Å². The normalized spacial score (nSPS) is 18.2. The van der Waals surface area contributed by atoms with Gasteiger partial charge in [-0.1, -0.05) is 13.3 Å². The molecule has 0 fully saturated rings. The highest BCUT2D eigenvalue weighted by Crippen LogP contribution is 2.29. The third-order valence-electron chi connectivity index (χ3n) is 3.45. The average molecular weight is 350 g/mol. The second-order valence-corrected chi connectivity index (χ2v) is 8.20. The lowest BCUT2D eigenvalue weighted by Gasteiger charge is -2.35. The van der Waals surface area contributed by atoms with Crippen molar-refractivity contribution >= 4 is 0 Å². The summed E-state index contributed by atoms with van der Waals surface area (Å²) >= 11 is 0. The molecule has 0 spiro atoms. The average Bonchev–Trinajstić information content (AvgIpc) is 2.39. The quantitative estimate of drug-likeness (QED) is 0.298. The molecule has 0 rings (SSSR count). The van der Waals surface area contributed by atoms with Crippen LogP contribution in [0.15, 0.2) is 0 Å². The molecule has 0 amide bonds. The number of hydrogen-bond donors (Lipinski definition) is 2. The van der Waals surface area contributed by atoms with Crippen LogP contribution in [0.2, 0.25) is 0 Å². The third kappa shape index (κ3) is 11.3. The van der Waals surface area contributed by atoms with Crippen LogP contribution in [0, 0.1) is 0 Å². The van der Waals surface area contributed by atoms with Gasteiger partial charge in [0.15, 0.2) is 0 Å². The van der Waals surface area contributed by atoms with Gasteiger partial charge in [0, 0.05) is 19.3 Å². The van der Waals surface area contributed by atoms with E-state index in [1.54, 1.807) is 20.8 Å². The van der Waals surface area contributed by atoms with Gasteiger partial charge in [-0.25, -0.2) is 9.78 Å². The first-order valence-corrected chi connectivity index (χ1v) is 8.91. The molecule has 0 aliphatic heterocycles. The van der Waals surface area contributed by atoms with Gasteiger partial charge in [-0.05, 0) is 54.9 Å². The molecule has 0 aromatic carbocycles. The molecule has 0 saturated carbocycles. The number of aliphatic hydroxyl groups is 2. The first kappa shape index (κ1) is 23.8. The van der Waals surface area contributed by atoms with Crippen LogP contribution >= 0.6 is 0 Å². The Morgan fingerprint density at radius 2 is 1.12 bits per heavy atom. The largest absolute Gasteiger partial charge is 0.393 e. The van der Waals surface area contributed by atoms with Gasteiger partial charge >= 0.3 is 0 Å². The van der Waals surface area contributed by atoms with Gasteiger partial charge in [0.1, 0.15) is 11.2 Å². The van der Waals surface area contributed by atoms with Crippen molar-refractivity contribution in [2.24, 2.45) is 0 Å². The van der Waals surface area contributed by atoms with E-state index in [4.69, 9.17) is 19.6 Å². The predicted octanol–water partition coefficient (Wildman–Crippen LogP) is 3.89. The van der Waals surface area contributed by atoms with Gasteiger partial charge in [-0.15, -0.1) is 0 Å². The van der Waals surface area contributed by atoms with Crippen molar-refractivity contribution in [3.05, 3.63) is 0 Å². The number of aliphatic hydroxyl groups excluding tert-OH is 2. The van der Waals surface area contributed by atoms with Crippen molar-refractivity contribution in [2.45, 2.75) is 117 Å². The smallest absolute Gasteiger partial charge is 0.231 e. The lowest BCUT2D eigenvalue weighted by Crippen LogP contribution is -2.41. The molecule has 0 aromatic rings. The van der Waals surface area contributed by atoms with E-state index < -0.39 is 29.2 Å². The van der Waals surface area contributed by atoms with Gasteiger partial charge in [0.05, 0.1) is 12.2 Å². The highest BCUT2D eigenvalue weighted by Gasteiger charge is 2.35. The minimum absolute atomic E-state index is 0.436. The Morgan fingerprint density at radius 1 is 0.750 bits per heavy atom. The van der Waals surface area contributed by atoms with Crippen LogP contribution in [0.5, 0.6) is 0 Å². The van der Waals surface area contributed by atoms with Crippen LogP contribution in [-0.2, 0) is 19.6 Å². The number of rotatable bonds is 13. The number of unbranched alkanes of at least 4 members (excludes halogenated alkanes) is 1. The molecular weight excluding hydrogens is 312 g/mol. The Morgan fingerprint density at radius 3 is 1.42 bits per heavy atom. The summed E-state index contributed by atoms with van der Waals surface area (Å²) in [5.41, 5.74) is -1.31. The fraction of sp³-hybridized carbons (Fsp3) is 1.00. The molecule has 2 unspecified atom stereocenters. The highest BCUT2D eigenvalue weighted by molar-refractivity contribution is 4.72. The van der Waals surface area contributed by atoms with Crippen molar-refractivity contribution < 1.29 is 29.8 Å². The van der Waals surface area contributed by atoms with Crippen LogP contribution in [0.3, 0.4) is 0 Å². The maximum atomic E-state index is 9.54. The molecule has 6 nitrogen and oxygen atoms in total. The zero-order chi connectivity index (χ0) is 19.0. The number of hydrogen-bond acceptors (Lipinski definition) is 6. The van der Waals surface area contributed by atoms with E-state index in [2.05, 4.69) is 6.92 Å². The summed E-state index contributed by atoms with van der Waals surface area (Å²) in [6.45, 7) is 14.6. The summed E-state index contributed by atoms with van der Waals surface area (Å²) in [7, 11) is 0. The maximum Gasteiger partial charge on any atom is 0.231 e. The molecule has 0 aliphatic carbocycles. The zero-order valence-electron chi connectivity index (χ0n) is 16.7. The van der Waals surface area contributed by atoms with E-state index in [-0.39, 0.29) is 0 Å². The SMILES string of the molecule is CCCCC(C)(OOC(C)(C)CC(C)O)OOC(C)(C)CC(C)O. The van der Waals surface area contributed by atoms with Crippen LogP contribution in [0.4, 0.5) is 0 Å². The Kier molecular flexibility index (Phi) is 9.94. The lowest BCUT2D eigenvalue weighted by molar-refractivity contribution is -0.541. The molecule has 0 heterocycles. The second kappa shape index (κ2) is 10.0. The van der Waals surface area contributed by atoms with E-state index >= 15 is 0 Å². The molecule has 0 aromatic heterocycles. The first-order valence-electron chi connectivity index (χ1n) is 8.91. The summed E-state index contributed by atoms with van der Waals surface area (Å²) in [5, 5.41) is 19.1. The highest BCUT2D eigenvalue weighted by atomic mass is 17.3. The third-order valence-corrected chi connectivity index (χ3v) is 3.45. The van der Waals surface area contributed by atoms with Crippen molar-refractivity contribution in [3.8, 4) is 0 Å². The summed E-state index contributed by atoms with van der Waals surface area (Å²) in [6.07, 6.45) is 2.35. The van der Waals surface area contributed by atoms with Crippen LogP contribution in [0.25, 0.3) is 0 Å². The van der Waals surface area contributed by atoms with Crippen molar-refractivity contribution in [1.82, 2.24) is 0 Å². The topological polar surface area (TPSA) is 77.4 Å². The monoisotopic (exact) mass is 350 g/mol. The molecule has 2 N–H and O–H groups in total. The molecule has 0 bridgehead atoms. The van der Waals surface area contributed by atoms with Crippen molar-refractivity contribution in [3.63, 3.8) is 0 Å². The molecule has 6 heteroatoms. The first-order chi connectivity index (χ1) is 10.8. The molecule has 0 aliphatic rings. The second-order valence-electron chi connectivity index (χ2n) is 8.20. The summed E-state index contributed by atoms with van der Waals surface area (Å²) in [6, 6.07) is 0. The van der Waals surface area contributed by atoms with Gasteiger partial charge in [-0.2, -0.15) is 9.78 Å². The van der Waals surface area contributed by atoms with Crippen LogP contribution < -0.4 is 0 Å². The van der Waals surface area contributed by atoms with Crippen LogP contribution in [-0.4, -0.2) is 39.4 Å². The van der Waals surface area contributed by atoms with E-state index in [1.165, 1.54) is 0 Å². The van der Waals surface area contributed by atoms with Gasteiger partial charge in [-0.3, -0.25) is 0 Å². The van der Waals surface area contributed by atoms with Gasteiger partial charge in [0.25, 0.3) is 0 Å². The Labute approximate surface area is 147 Å². The zero-order valence-corrected chi connectivity index (χ0v) is 16.7. The molecule has 0 radical (unpaired) electrons. The Balaban J connectivity index is 4.76. The van der Waals surface area contributed by atoms with Crippen LogP contribution in [0.1, 0.15) is 87.5 Å². The minimum atomic E-state index is -1.07. The molecule has 2 atom stereocenters. The van der Waals surface area contributed by atoms with Gasteiger partial charge < -0.3 is 10.2 Å². The molecule has 0 saturated heterocycles. The molecule has 24 heavy (non-hydrogen) atoms. The molecular formula is C18H38O6. The predicted molar refractivity (Wildman–Crippen MR) is 93.0 cm³/mol. The molecule has 146 valence electrons. The standard InChI is InChI=1S/C18H38O6/c1-9-10-11-18(8,23-21-16(4,5)12-14(2)19)24-22-17(6,7)13-15(3)20/h14-15,19-20H,9-13H2,1-8H3. The Hall–Kier alpha value is -0.240. The fourth-order valence-corrected chi connectivity index (χ4v) is 2.49. The summed E-state index contributed by atoms with van der Waals surface area (Å²) in [5.74, 6) is -1.07. The Bertz CT molecular complexity index is 312. The van der Waals surface area contributed by atoms with E-state index in [0.717, 1.165) is 12.8 Å². The lowest BCUT2D eigenvalue weighted by atomic mass is 10.0. The summed E-state index contributed by atoms with van der Waals surface area (Å²) in [4.78, 5) is 22.2. The van der Waals surface area contributed by atoms with E-state index in [9.17, 15) is 10.2 Å². The van der Waals surface area contributed by atoms with Crippen molar-refractivity contribution in [1.29, 1.82) is 0 Å².